The minimum Gasteiger partial charge on any atom is -0.399 e. The molecule has 0 bridgehead atoms. The van der Waals surface area contributed by atoms with Crippen LogP contribution in [0.2, 0.25) is 0 Å². The first-order valence-corrected chi connectivity index (χ1v) is 3.78. The number of hydrazine groups is 2. The van der Waals surface area contributed by atoms with Gasteiger partial charge >= 0.3 is 0 Å². The molecule has 0 unspecified atom stereocenters. The van der Waals surface area contributed by atoms with Gasteiger partial charge in [-0.3, -0.25) is 0 Å². The van der Waals surface area contributed by atoms with E-state index in [2.05, 4.69) is 10.9 Å². The van der Waals surface area contributed by atoms with Gasteiger partial charge in [0.05, 0.1) is 5.69 Å². The number of nitrogens with two attached hydrogens (primary N) is 1. The van der Waals surface area contributed by atoms with Gasteiger partial charge in [0.25, 0.3) is 0 Å². The predicted octanol–water partition coefficient (Wildman–Crippen LogP) is 0.344. The lowest BCUT2D eigenvalue weighted by Crippen LogP contribution is -2.44. The molecule has 66 valence electrons. The van der Waals surface area contributed by atoms with Crippen LogP contribution in [-0.2, 0) is 0 Å². The van der Waals surface area contributed by atoms with Crippen molar-refractivity contribution in [2.24, 2.45) is 0 Å². The Hall–Kier alpha value is -1.26. The van der Waals surface area contributed by atoms with Crippen molar-refractivity contribution < 1.29 is 0 Å². The summed E-state index contributed by atoms with van der Waals surface area (Å²) in [6.45, 7) is 0. The highest BCUT2D eigenvalue weighted by molar-refractivity contribution is 5.54. The summed E-state index contributed by atoms with van der Waals surface area (Å²) in [5.41, 5.74) is 13.3. The third kappa shape index (κ3) is 1.87. The Bertz CT molecular complexity index is 245. The highest BCUT2D eigenvalue weighted by Gasteiger charge is 1.99. The number of anilines is 2. The number of rotatable bonds is 3. The van der Waals surface area contributed by atoms with Gasteiger partial charge in [-0.15, -0.1) is 0 Å². The van der Waals surface area contributed by atoms with Gasteiger partial charge in [0.15, 0.2) is 0 Å². The molecule has 0 aliphatic heterocycles. The topological polar surface area (TPSA) is 53.3 Å². The molecule has 0 aliphatic carbocycles. The fraction of sp³-hybridized carbons (Fsp3) is 0.250. The Labute approximate surface area is 72.3 Å². The first-order chi connectivity index (χ1) is 5.77. The Balaban J connectivity index is 2.85. The van der Waals surface area contributed by atoms with Crippen LogP contribution in [0.25, 0.3) is 0 Å². The van der Waals surface area contributed by atoms with Gasteiger partial charge in [-0.05, 0) is 18.2 Å². The average Bonchev–Trinajstić information content (AvgIpc) is 2.07. The summed E-state index contributed by atoms with van der Waals surface area (Å²) >= 11 is 0. The van der Waals surface area contributed by atoms with E-state index in [0.717, 1.165) is 11.4 Å². The van der Waals surface area contributed by atoms with E-state index in [4.69, 9.17) is 5.73 Å². The molecule has 0 aromatic heterocycles. The highest BCUT2D eigenvalue weighted by Crippen LogP contribution is 2.13. The second kappa shape index (κ2) is 3.94. The molecular weight excluding hydrogens is 152 g/mol. The Morgan fingerprint density at radius 3 is 2.42 bits per heavy atom. The van der Waals surface area contributed by atoms with Crippen LogP contribution in [-0.4, -0.2) is 14.1 Å². The molecule has 0 aliphatic rings. The molecule has 0 saturated carbocycles. The van der Waals surface area contributed by atoms with Crippen molar-refractivity contribution in [2.75, 3.05) is 24.9 Å². The zero-order chi connectivity index (χ0) is 8.97. The SMILES string of the molecule is CNN(NC)c1cccc(N)c1. The third-order valence-corrected chi connectivity index (χ3v) is 1.58. The standard InChI is InChI=1S/C8H14N4/c1-10-12(11-2)8-5-3-4-7(9)6-8/h3-6,10-11H,9H2,1-2H3. The van der Waals surface area contributed by atoms with Gasteiger partial charge in [0.2, 0.25) is 0 Å². The molecule has 0 amide bonds. The fourth-order valence-electron chi connectivity index (χ4n) is 1.03. The normalized spacial score (nSPS) is 9.83. The molecule has 1 rings (SSSR count). The maximum Gasteiger partial charge on any atom is 0.0722 e. The maximum atomic E-state index is 5.62. The van der Waals surface area contributed by atoms with Crippen LogP contribution in [0, 0.1) is 0 Å². The van der Waals surface area contributed by atoms with Crippen molar-refractivity contribution in [3.8, 4) is 0 Å². The number of hydrogen-bond acceptors (Lipinski definition) is 4. The Morgan fingerprint density at radius 2 is 1.92 bits per heavy atom. The second-order valence-corrected chi connectivity index (χ2v) is 2.38. The molecule has 0 spiro atoms. The van der Waals surface area contributed by atoms with Crippen molar-refractivity contribution in [3.05, 3.63) is 24.3 Å². The van der Waals surface area contributed by atoms with Crippen LogP contribution in [0.15, 0.2) is 24.3 Å². The smallest absolute Gasteiger partial charge is 0.0722 e. The number of nitrogens with one attached hydrogen (secondary N) is 2. The number of nitrogen functional groups attached to an aromatic ring is 1. The van der Waals surface area contributed by atoms with Gasteiger partial charge < -0.3 is 5.73 Å². The fourth-order valence-corrected chi connectivity index (χ4v) is 1.03. The number of hydrogen-bond donors (Lipinski definition) is 3. The van der Waals surface area contributed by atoms with E-state index in [9.17, 15) is 0 Å². The molecule has 4 heteroatoms. The van der Waals surface area contributed by atoms with E-state index in [1.165, 1.54) is 0 Å². The van der Waals surface area contributed by atoms with E-state index in [1.54, 1.807) is 5.12 Å². The molecular formula is C8H14N4. The molecule has 0 saturated heterocycles. The van der Waals surface area contributed by atoms with Crippen molar-refractivity contribution in [1.29, 1.82) is 0 Å². The first-order valence-electron chi connectivity index (χ1n) is 3.78. The summed E-state index contributed by atoms with van der Waals surface area (Å²) in [5.74, 6) is 0. The molecule has 4 N–H and O–H groups in total. The summed E-state index contributed by atoms with van der Waals surface area (Å²) in [6.07, 6.45) is 0. The minimum atomic E-state index is 0.753. The van der Waals surface area contributed by atoms with Gasteiger partial charge in [0.1, 0.15) is 0 Å². The van der Waals surface area contributed by atoms with E-state index >= 15 is 0 Å². The van der Waals surface area contributed by atoms with Gasteiger partial charge in [0, 0.05) is 19.8 Å². The maximum absolute atomic E-state index is 5.62. The largest absolute Gasteiger partial charge is 0.399 e. The van der Waals surface area contributed by atoms with E-state index in [1.807, 2.05) is 38.4 Å². The molecule has 1 aromatic carbocycles. The average molecular weight is 166 g/mol. The highest BCUT2D eigenvalue weighted by atomic mass is 15.7. The summed E-state index contributed by atoms with van der Waals surface area (Å²) < 4.78 is 0. The van der Waals surface area contributed by atoms with Crippen molar-refractivity contribution in [1.82, 2.24) is 10.9 Å². The lowest BCUT2D eigenvalue weighted by atomic mass is 10.3. The predicted molar refractivity (Wildman–Crippen MR) is 51.5 cm³/mol. The van der Waals surface area contributed by atoms with E-state index < -0.39 is 0 Å². The first kappa shape index (κ1) is 8.83. The molecule has 0 atom stereocenters. The second-order valence-electron chi connectivity index (χ2n) is 2.38. The number of benzene rings is 1. The van der Waals surface area contributed by atoms with Crippen LogP contribution in [0.5, 0.6) is 0 Å². The van der Waals surface area contributed by atoms with Gasteiger partial charge in [-0.1, -0.05) is 6.07 Å². The lowest BCUT2D eigenvalue weighted by Gasteiger charge is -2.21. The van der Waals surface area contributed by atoms with Crippen LogP contribution >= 0.6 is 0 Å². The summed E-state index contributed by atoms with van der Waals surface area (Å²) in [5, 5.41) is 1.77. The number of nitrogens with zero attached hydrogens (tertiary/aromatic N) is 1. The zero-order valence-corrected chi connectivity index (χ0v) is 7.33. The molecule has 0 heterocycles. The summed E-state index contributed by atoms with van der Waals surface area (Å²) in [7, 11) is 3.67. The minimum absolute atomic E-state index is 0.753. The van der Waals surface area contributed by atoms with Crippen LogP contribution in [0.1, 0.15) is 0 Å². The monoisotopic (exact) mass is 166 g/mol. The van der Waals surface area contributed by atoms with Crippen molar-refractivity contribution in [2.45, 2.75) is 0 Å². The van der Waals surface area contributed by atoms with Crippen LogP contribution < -0.4 is 21.7 Å². The van der Waals surface area contributed by atoms with Gasteiger partial charge in [-0.25, -0.2) is 16.0 Å². The molecule has 1 aromatic rings. The van der Waals surface area contributed by atoms with E-state index in [0.29, 0.717) is 0 Å². The van der Waals surface area contributed by atoms with Crippen molar-refractivity contribution >= 4 is 11.4 Å². The molecule has 4 nitrogen and oxygen atoms in total. The van der Waals surface area contributed by atoms with Gasteiger partial charge in [-0.2, -0.15) is 0 Å². The van der Waals surface area contributed by atoms with Crippen molar-refractivity contribution in [3.63, 3.8) is 0 Å². The molecule has 0 radical (unpaired) electrons. The molecule has 0 fully saturated rings. The zero-order valence-electron chi connectivity index (χ0n) is 7.33. The lowest BCUT2D eigenvalue weighted by molar-refractivity contribution is 0.624. The van der Waals surface area contributed by atoms with Crippen LogP contribution in [0.4, 0.5) is 11.4 Å². The Morgan fingerprint density at radius 1 is 1.25 bits per heavy atom. The van der Waals surface area contributed by atoms with E-state index in [-0.39, 0.29) is 0 Å². The summed E-state index contributed by atoms with van der Waals surface area (Å²) in [6, 6.07) is 7.61. The quantitative estimate of drug-likeness (QED) is 0.448. The Kier molecular flexibility index (Phi) is 2.90. The summed E-state index contributed by atoms with van der Waals surface area (Å²) in [4.78, 5) is 0. The third-order valence-electron chi connectivity index (χ3n) is 1.58. The molecule has 12 heavy (non-hydrogen) atoms. The van der Waals surface area contributed by atoms with Crippen LogP contribution in [0.3, 0.4) is 0 Å².